The highest BCUT2D eigenvalue weighted by Crippen LogP contribution is 2.21. The van der Waals surface area contributed by atoms with Crippen molar-refractivity contribution in [3.63, 3.8) is 0 Å². The van der Waals surface area contributed by atoms with Gasteiger partial charge in [-0.2, -0.15) is 10.1 Å². The van der Waals surface area contributed by atoms with E-state index in [-0.39, 0.29) is 28.4 Å². The van der Waals surface area contributed by atoms with Gasteiger partial charge in [0.05, 0.1) is 11.3 Å². The van der Waals surface area contributed by atoms with Crippen LogP contribution in [0.5, 0.6) is 0 Å². The van der Waals surface area contributed by atoms with Crippen LogP contribution >= 0.6 is 0 Å². The molecule has 0 amide bonds. The molecule has 0 N–H and O–H groups in total. The molecule has 7 heteroatoms. The van der Waals surface area contributed by atoms with Gasteiger partial charge >= 0.3 is 0 Å². The Balaban J connectivity index is 1.78. The molecule has 0 aliphatic heterocycles. The number of rotatable bonds is 3. The molecular formula is C18H11FN4O2. The van der Waals surface area contributed by atoms with Gasteiger partial charge in [-0.05, 0) is 24.3 Å². The van der Waals surface area contributed by atoms with E-state index < -0.39 is 5.82 Å². The summed E-state index contributed by atoms with van der Waals surface area (Å²) in [6, 6.07) is 16.7. The van der Waals surface area contributed by atoms with E-state index in [4.69, 9.17) is 4.52 Å². The molecule has 122 valence electrons. The molecule has 0 spiro atoms. The summed E-state index contributed by atoms with van der Waals surface area (Å²) >= 11 is 0. The maximum absolute atomic E-state index is 13.8. The third kappa shape index (κ3) is 2.83. The first-order valence-electron chi connectivity index (χ1n) is 7.47. The molecule has 4 rings (SSSR count). The van der Waals surface area contributed by atoms with Crippen molar-refractivity contribution < 1.29 is 8.91 Å². The summed E-state index contributed by atoms with van der Waals surface area (Å²) in [7, 11) is 0. The largest absolute Gasteiger partial charge is 0.332 e. The van der Waals surface area contributed by atoms with Crippen molar-refractivity contribution in [3.8, 4) is 28.7 Å². The van der Waals surface area contributed by atoms with Crippen LogP contribution in [0.25, 0.3) is 28.7 Å². The molecule has 0 unspecified atom stereocenters. The Morgan fingerprint density at radius 2 is 1.72 bits per heavy atom. The van der Waals surface area contributed by atoms with Crippen molar-refractivity contribution in [3.05, 3.63) is 82.9 Å². The molecule has 4 aromatic rings. The summed E-state index contributed by atoms with van der Waals surface area (Å²) in [5, 5.41) is 8.01. The molecule has 0 aliphatic carbocycles. The van der Waals surface area contributed by atoms with Gasteiger partial charge in [0.2, 0.25) is 11.3 Å². The number of nitrogens with zero attached hydrogens (tertiary/aromatic N) is 4. The third-order valence-corrected chi connectivity index (χ3v) is 3.57. The first-order chi connectivity index (χ1) is 12.2. The van der Waals surface area contributed by atoms with Crippen molar-refractivity contribution in [1.82, 2.24) is 19.9 Å². The van der Waals surface area contributed by atoms with Crippen LogP contribution in [0.15, 0.2) is 76.2 Å². The standard InChI is InChI=1S/C18H11FN4O2/c19-14-9-5-4-8-13(14)17-20-18(25-22-17)16-15(24)10-11-23(21-16)12-6-2-1-3-7-12/h1-11H. The lowest BCUT2D eigenvalue weighted by molar-refractivity contribution is 0.429. The van der Waals surface area contributed by atoms with Gasteiger partial charge in [-0.15, -0.1) is 0 Å². The molecular weight excluding hydrogens is 323 g/mol. The molecule has 0 atom stereocenters. The zero-order valence-electron chi connectivity index (χ0n) is 12.8. The first-order valence-corrected chi connectivity index (χ1v) is 7.47. The molecule has 0 radical (unpaired) electrons. The Labute approximate surface area is 141 Å². The molecule has 25 heavy (non-hydrogen) atoms. The van der Waals surface area contributed by atoms with Crippen LogP contribution in [0.4, 0.5) is 4.39 Å². The quantitative estimate of drug-likeness (QED) is 0.575. The first kappa shape index (κ1) is 14.9. The smallest absolute Gasteiger partial charge is 0.282 e. The SMILES string of the molecule is O=c1ccn(-c2ccccc2)nc1-c1nc(-c2ccccc2F)no1. The summed E-state index contributed by atoms with van der Waals surface area (Å²) in [6.07, 6.45) is 1.55. The molecule has 2 aromatic carbocycles. The minimum Gasteiger partial charge on any atom is -0.332 e. The number of hydrogen-bond acceptors (Lipinski definition) is 5. The summed E-state index contributed by atoms with van der Waals surface area (Å²) in [5.41, 5.74) is 0.603. The lowest BCUT2D eigenvalue weighted by Gasteiger charge is -2.04. The van der Waals surface area contributed by atoms with Crippen LogP contribution in [0, 0.1) is 5.82 Å². The summed E-state index contributed by atoms with van der Waals surface area (Å²) in [5.74, 6) is -0.476. The van der Waals surface area contributed by atoms with Gasteiger partial charge in [-0.25, -0.2) is 9.07 Å². The van der Waals surface area contributed by atoms with Crippen LogP contribution in [-0.2, 0) is 0 Å². The highest BCUT2D eigenvalue weighted by Gasteiger charge is 2.17. The highest BCUT2D eigenvalue weighted by molar-refractivity contribution is 5.58. The Bertz CT molecular complexity index is 1090. The van der Waals surface area contributed by atoms with Crippen molar-refractivity contribution in [2.24, 2.45) is 0 Å². The summed E-state index contributed by atoms with van der Waals surface area (Å²) < 4.78 is 20.5. The van der Waals surface area contributed by atoms with E-state index in [1.54, 1.807) is 18.3 Å². The van der Waals surface area contributed by atoms with Crippen LogP contribution in [0.3, 0.4) is 0 Å². The van der Waals surface area contributed by atoms with Gasteiger partial charge in [0.15, 0.2) is 5.69 Å². The maximum atomic E-state index is 13.8. The molecule has 0 fully saturated rings. The third-order valence-electron chi connectivity index (χ3n) is 3.57. The lowest BCUT2D eigenvalue weighted by Crippen LogP contribution is -2.12. The van der Waals surface area contributed by atoms with E-state index in [2.05, 4.69) is 15.2 Å². The Morgan fingerprint density at radius 3 is 2.52 bits per heavy atom. The van der Waals surface area contributed by atoms with E-state index in [1.165, 1.54) is 22.9 Å². The molecule has 0 saturated heterocycles. The van der Waals surface area contributed by atoms with Crippen molar-refractivity contribution >= 4 is 0 Å². The van der Waals surface area contributed by atoms with E-state index in [1.807, 2.05) is 30.3 Å². The number of para-hydroxylation sites is 1. The summed E-state index contributed by atoms with van der Waals surface area (Å²) in [4.78, 5) is 16.3. The maximum Gasteiger partial charge on any atom is 0.282 e. The number of aromatic nitrogens is 4. The molecule has 2 aromatic heterocycles. The van der Waals surface area contributed by atoms with E-state index >= 15 is 0 Å². The monoisotopic (exact) mass is 334 g/mol. The number of benzene rings is 2. The Morgan fingerprint density at radius 1 is 0.960 bits per heavy atom. The highest BCUT2D eigenvalue weighted by atomic mass is 19.1. The van der Waals surface area contributed by atoms with Gasteiger partial charge in [-0.1, -0.05) is 35.5 Å². The number of hydrogen-bond donors (Lipinski definition) is 0. The fraction of sp³-hybridized carbons (Fsp3) is 0. The van der Waals surface area contributed by atoms with Crippen molar-refractivity contribution in [2.75, 3.05) is 0 Å². The fourth-order valence-electron chi connectivity index (χ4n) is 2.35. The van der Waals surface area contributed by atoms with Crippen LogP contribution < -0.4 is 5.43 Å². The number of halogens is 1. The predicted octanol–water partition coefficient (Wildman–Crippen LogP) is 3.09. The normalized spacial score (nSPS) is 10.8. The van der Waals surface area contributed by atoms with E-state index in [9.17, 15) is 9.18 Å². The Kier molecular flexibility index (Phi) is 3.66. The van der Waals surface area contributed by atoms with Crippen molar-refractivity contribution in [1.29, 1.82) is 0 Å². The molecule has 6 nitrogen and oxygen atoms in total. The minimum atomic E-state index is -0.474. The average molecular weight is 334 g/mol. The zero-order chi connectivity index (χ0) is 17.2. The van der Waals surface area contributed by atoms with Crippen molar-refractivity contribution in [2.45, 2.75) is 0 Å². The molecule has 0 aliphatic rings. The second-order valence-corrected chi connectivity index (χ2v) is 5.21. The van der Waals surface area contributed by atoms with E-state index in [0.717, 1.165) is 5.69 Å². The van der Waals surface area contributed by atoms with Gasteiger partial charge in [0.25, 0.3) is 5.89 Å². The van der Waals surface area contributed by atoms with Gasteiger partial charge in [0, 0.05) is 12.3 Å². The predicted molar refractivity (Wildman–Crippen MR) is 88.5 cm³/mol. The van der Waals surface area contributed by atoms with Crippen LogP contribution in [0.1, 0.15) is 0 Å². The fourth-order valence-corrected chi connectivity index (χ4v) is 2.35. The van der Waals surface area contributed by atoms with E-state index in [0.29, 0.717) is 0 Å². The second kappa shape index (κ2) is 6.12. The summed E-state index contributed by atoms with van der Waals surface area (Å²) in [6.45, 7) is 0. The Hall–Kier alpha value is -3.61. The van der Waals surface area contributed by atoms with Gasteiger partial charge < -0.3 is 4.52 Å². The minimum absolute atomic E-state index is 0.00134. The molecule has 0 bridgehead atoms. The molecule has 2 heterocycles. The lowest BCUT2D eigenvalue weighted by atomic mass is 10.2. The van der Waals surface area contributed by atoms with Crippen LogP contribution in [-0.4, -0.2) is 19.9 Å². The van der Waals surface area contributed by atoms with Gasteiger partial charge in [-0.3, -0.25) is 4.79 Å². The molecule has 0 saturated carbocycles. The van der Waals surface area contributed by atoms with Gasteiger partial charge in [0.1, 0.15) is 5.82 Å². The topological polar surface area (TPSA) is 73.8 Å². The second-order valence-electron chi connectivity index (χ2n) is 5.21. The average Bonchev–Trinajstić information content (AvgIpc) is 3.13. The van der Waals surface area contributed by atoms with Crippen LogP contribution in [0.2, 0.25) is 0 Å². The zero-order valence-corrected chi connectivity index (χ0v) is 12.8.